The van der Waals surface area contributed by atoms with Gasteiger partial charge in [0, 0.05) is 24.7 Å². The number of fused-ring (bicyclic) bond motifs is 1. The van der Waals surface area contributed by atoms with E-state index in [4.69, 9.17) is 0 Å². The Morgan fingerprint density at radius 1 is 1.10 bits per heavy atom. The van der Waals surface area contributed by atoms with E-state index in [1.807, 2.05) is 18.2 Å². The summed E-state index contributed by atoms with van der Waals surface area (Å²) < 4.78 is 0. The van der Waals surface area contributed by atoms with Crippen LogP contribution in [0.3, 0.4) is 0 Å². The van der Waals surface area contributed by atoms with Crippen molar-refractivity contribution in [3.8, 4) is 0 Å². The number of carbonyl (C=O) groups is 1. The Hall–Kier alpha value is -1.88. The normalized spacial score (nSPS) is 23.2. The number of carboxylic acid groups (broad SMARTS) is 1. The molecule has 1 saturated carbocycles. The molecular weight excluding hydrogens is 374 g/mol. The van der Waals surface area contributed by atoms with Gasteiger partial charge in [0.1, 0.15) is 5.71 Å². The topological polar surface area (TPSA) is 56.1 Å². The van der Waals surface area contributed by atoms with Gasteiger partial charge in [-0.3, -0.25) is 4.90 Å². The maximum atomic E-state index is 11.7. The fourth-order valence-corrected chi connectivity index (χ4v) is 6.08. The predicted molar refractivity (Wildman–Crippen MR) is 123 cm³/mol. The van der Waals surface area contributed by atoms with E-state index >= 15 is 0 Å². The second kappa shape index (κ2) is 9.51. The Bertz CT molecular complexity index is 759. The summed E-state index contributed by atoms with van der Waals surface area (Å²) in [5.41, 5.74) is 2.55. The molecule has 5 heteroatoms. The van der Waals surface area contributed by atoms with Crippen molar-refractivity contribution in [2.75, 3.05) is 24.5 Å². The lowest BCUT2D eigenvalue weighted by atomic mass is 9.78. The first-order valence-corrected chi connectivity index (χ1v) is 12.0. The van der Waals surface area contributed by atoms with Gasteiger partial charge in [0.05, 0.1) is 17.9 Å². The van der Waals surface area contributed by atoms with Crippen LogP contribution in [0.4, 0.5) is 11.4 Å². The second-order valence-corrected chi connectivity index (χ2v) is 9.44. The monoisotopic (exact) mass is 411 g/mol. The first kappa shape index (κ1) is 21.4. The summed E-state index contributed by atoms with van der Waals surface area (Å²) in [4.78, 5) is 21.2. The van der Waals surface area contributed by atoms with Crippen LogP contribution < -0.4 is 4.90 Å². The number of carboxylic acids is 1. The molecule has 0 aromatic heterocycles. The molecule has 1 saturated heterocycles. The van der Waals surface area contributed by atoms with E-state index in [0.717, 1.165) is 37.3 Å². The van der Waals surface area contributed by atoms with Crippen LogP contribution in [-0.4, -0.2) is 52.9 Å². The highest BCUT2D eigenvalue weighted by Crippen LogP contribution is 2.40. The SMILES string of the molecule is CCCC1(N2CCC(N3CC(C(=O)O)=Nc4ccccc43)CC2)CCCCCCC1. The van der Waals surface area contributed by atoms with Gasteiger partial charge in [-0.2, -0.15) is 0 Å². The Morgan fingerprint density at radius 3 is 2.43 bits per heavy atom. The molecule has 0 amide bonds. The molecule has 2 heterocycles. The van der Waals surface area contributed by atoms with E-state index in [0.29, 0.717) is 18.1 Å². The summed E-state index contributed by atoms with van der Waals surface area (Å²) in [7, 11) is 0. The molecule has 1 aliphatic carbocycles. The van der Waals surface area contributed by atoms with Gasteiger partial charge in [-0.05, 0) is 44.2 Å². The number of aliphatic imine (C=N–C) groups is 1. The lowest BCUT2D eigenvalue weighted by molar-refractivity contribution is -0.129. The third kappa shape index (κ3) is 4.41. The third-order valence-electron chi connectivity index (χ3n) is 7.59. The smallest absolute Gasteiger partial charge is 0.352 e. The average Bonchev–Trinajstić information content (AvgIpc) is 2.75. The van der Waals surface area contributed by atoms with Crippen LogP contribution >= 0.6 is 0 Å². The lowest BCUT2D eigenvalue weighted by Crippen LogP contribution is -2.56. The molecule has 1 aromatic carbocycles. The van der Waals surface area contributed by atoms with Crippen molar-refractivity contribution in [1.29, 1.82) is 0 Å². The zero-order valence-corrected chi connectivity index (χ0v) is 18.5. The number of likely N-dealkylation sites (tertiary alicyclic amines) is 1. The fourth-order valence-electron chi connectivity index (χ4n) is 6.08. The van der Waals surface area contributed by atoms with Crippen molar-refractivity contribution >= 4 is 23.1 Å². The van der Waals surface area contributed by atoms with Gasteiger partial charge in [-0.15, -0.1) is 0 Å². The predicted octanol–water partition coefficient (Wildman–Crippen LogP) is 5.41. The van der Waals surface area contributed by atoms with Crippen LogP contribution in [-0.2, 0) is 4.79 Å². The van der Waals surface area contributed by atoms with Gasteiger partial charge in [-0.25, -0.2) is 9.79 Å². The highest BCUT2D eigenvalue weighted by Gasteiger charge is 2.39. The van der Waals surface area contributed by atoms with Crippen LogP contribution in [0.1, 0.15) is 77.6 Å². The van der Waals surface area contributed by atoms with Crippen molar-refractivity contribution in [1.82, 2.24) is 4.90 Å². The fraction of sp³-hybridized carbons (Fsp3) is 0.680. The van der Waals surface area contributed by atoms with Gasteiger partial charge in [0.25, 0.3) is 0 Å². The molecule has 1 N–H and O–H groups in total. The van der Waals surface area contributed by atoms with Crippen molar-refractivity contribution < 1.29 is 9.90 Å². The van der Waals surface area contributed by atoms with E-state index < -0.39 is 5.97 Å². The molecule has 0 spiro atoms. The minimum atomic E-state index is -0.900. The maximum absolute atomic E-state index is 11.7. The molecule has 0 bridgehead atoms. The Kier molecular flexibility index (Phi) is 6.77. The van der Waals surface area contributed by atoms with Crippen LogP contribution in [0.2, 0.25) is 0 Å². The lowest BCUT2D eigenvalue weighted by Gasteiger charge is -2.50. The zero-order valence-electron chi connectivity index (χ0n) is 18.5. The first-order chi connectivity index (χ1) is 14.6. The Balaban J connectivity index is 1.48. The molecule has 3 aliphatic rings. The van der Waals surface area contributed by atoms with E-state index in [1.54, 1.807) is 0 Å². The molecule has 2 fully saturated rings. The molecule has 0 atom stereocenters. The zero-order chi connectivity index (χ0) is 21.0. The number of nitrogens with zero attached hydrogens (tertiary/aromatic N) is 3. The van der Waals surface area contributed by atoms with Crippen LogP contribution in [0, 0.1) is 0 Å². The molecular formula is C25H37N3O2. The standard InChI is InChI=1S/C25H37N3O2/c1-2-14-25(15-8-4-3-5-9-16-25)27-17-12-20(13-18-27)28-19-22(24(29)30)26-21-10-6-7-11-23(21)28/h6-7,10-11,20H,2-5,8-9,12-19H2,1H3,(H,29,30). The van der Waals surface area contributed by atoms with Crippen molar-refractivity contribution in [2.24, 2.45) is 4.99 Å². The molecule has 5 nitrogen and oxygen atoms in total. The highest BCUT2D eigenvalue weighted by molar-refractivity contribution is 6.38. The number of anilines is 1. The van der Waals surface area contributed by atoms with Crippen molar-refractivity contribution in [2.45, 2.75) is 89.1 Å². The van der Waals surface area contributed by atoms with Crippen LogP contribution in [0.15, 0.2) is 29.3 Å². The second-order valence-electron chi connectivity index (χ2n) is 9.44. The number of hydrogen-bond acceptors (Lipinski definition) is 4. The summed E-state index contributed by atoms with van der Waals surface area (Å²) in [6, 6.07) is 8.39. The number of benzene rings is 1. The third-order valence-corrected chi connectivity index (χ3v) is 7.59. The summed E-state index contributed by atoms with van der Waals surface area (Å²) in [5.74, 6) is -0.900. The number of aliphatic carboxylic acids is 1. The van der Waals surface area contributed by atoms with Crippen LogP contribution in [0.25, 0.3) is 0 Å². The number of rotatable bonds is 5. The number of para-hydroxylation sites is 2. The van der Waals surface area contributed by atoms with E-state index in [9.17, 15) is 9.90 Å². The van der Waals surface area contributed by atoms with Gasteiger partial charge in [-0.1, -0.05) is 57.6 Å². The molecule has 1 aromatic rings. The minimum absolute atomic E-state index is 0.263. The Morgan fingerprint density at radius 2 is 1.77 bits per heavy atom. The van der Waals surface area contributed by atoms with Gasteiger partial charge >= 0.3 is 5.97 Å². The molecule has 164 valence electrons. The van der Waals surface area contributed by atoms with Gasteiger partial charge in [0.2, 0.25) is 0 Å². The van der Waals surface area contributed by atoms with Crippen LogP contribution in [0.5, 0.6) is 0 Å². The van der Waals surface area contributed by atoms with Crippen molar-refractivity contribution in [3.63, 3.8) is 0 Å². The maximum Gasteiger partial charge on any atom is 0.352 e. The summed E-state index contributed by atoms with van der Waals surface area (Å²) in [6.07, 6.45) is 14.4. The molecule has 4 rings (SSSR count). The summed E-state index contributed by atoms with van der Waals surface area (Å²) >= 11 is 0. The first-order valence-electron chi connectivity index (χ1n) is 12.0. The largest absolute Gasteiger partial charge is 0.477 e. The van der Waals surface area contributed by atoms with E-state index in [-0.39, 0.29) is 5.71 Å². The summed E-state index contributed by atoms with van der Waals surface area (Å²) in [5, 5.41) is 9.57. The van der Waals surface area contributed by atoms with Gasteiger partial charge in [0.15, 0.2) is 0 Å². The Labute approximate surface area is 181 Å². The number of piperidine rings is 1. The quantitative estimate of drug-likeness (QED) is 0.704. The summed E-state index contributed by atoms with van der Waals surface area (Å²) in [6.45, 7) is 5.01. The molecule has 30 heavy (non-hydrogen) atoms. The molecule has 0 radical (unpaired) electrons. The van der Waals surface area contributed by atoms with Gasteiger partial charge < -0.3 is 10.0 Å². The molecule has 0 unspecified atom stereocenters. The van der Waals surface area contributed by atoms with E-state index in [1.165, 1.54) is 57.8 Å². The molecule has 2 aliphatic heterocycles. The minimum Gasteiger partial charge on any atom is -0.477 e. The van der Waals surface area contributed by atoms with Crippen molar-refractivity contribution in [3.05, 3.63) is 24.3 Å². The van der Waals surface area contributed by atoms with E-state index in [2.05, 4.69) is 27.8 Å². The highest BCUT2D eigenvalue weighted by atomic mass is 16.4. The number of hydrogen-bond donors (Lipinski definition) is 1. The average molecular weight is 412 g/mol.